The molecule has 0 unspecified atom stereocenters. The summed E-state index contributed by atoms with van der Waals surface area (Å²) in [5, 5.41) is 11.9. The van der Waals surface area contributed by atoms with E-state index in [9.17, 15) is 10.1 Å². The van der Waals surface area contributed by atoms with E-state index in [0.29, 0.717) is 0 Å². The highest BCUT2D eigenvalue weighted by atomic mass is 32.2. The van der Waals surface area contributed by atoms with E-state index in [-0.39, 0.29) is 10.6 Å². The lowest BCUT2D eigenvalue weighted by atomic mass is 10.2. The van der Waals surface area contributed by atoms with Gasteiger partial charge in [-0.15, -0.1) is 11.8 Å². The fourth-order valence-electron chi connectivity index (χ4n) is 2.29. The summed E-state index contributed by atoms with van der Waals surface area (Å²) >= 11 is 1.75. The molecule has 4 nitrogen and oxygen atoms in total. The van der Waals surface area contributed by atoms with Crippen molar-refractivity contribution in [2.75, 3.05) is 0 Å². The molecule has 3 aromatic rings. The summed E-state index contributed by atoms with van der Waals surface area (Å²) in [4.78, 5) is 11.5. The SMILES string of the molecule is Cn1cc(SCc2ccc([N+](=O)[O-])cc2)c2ccccc21. The molecule has 0 bridgehead atoms. The Morgan fingerprint density at radius 3 is 2.57 bits per heavy atom. The molecular weight excluding hydrogens is 284 g/mol. The average molecular weight is 298 g/mol. The van der Waals surface area contributed by atoms with Crippen molar-refractivity contribution in [1.82, 2.24) is 4.57 Å². The zero-order chi connectivity index (χ0) is 14.8. The van der Waals surface area contributed by atoms with E-state index in [4.69, 9.17) is 0 Å². The van der Waals surface area contributed by atoms with Crippen molar-refractivity contribution in [1.29, 1.82) is 0 Å². The Morgan fingerprint density at radius 1 is 1.14 bits per heavy atom. The number of nitrogens with zero attached hydrogens (tertiary/aromatic N) is 2. The zero-order valence-electron chi connectivity index (χ0n) is 11.5. The Bertz CT molecular complexity index is 794. The van der Waals surface area contributed by atoms with Crippen LogP contribution in [-0.4, -0.2) is 9.49 Å². The number of thioether (sulfide) groups is 1. The zero-order valence-corrected chi connectivity index (χ0v) is 12.3. The van der Waals surface area contributed by atoms with Gasteiger partial charge in [0.1, 0.15) is 0 Å². The molecule has 2 aromatic carbocycles. The first kappa shape index (κ1) is 13.7. The number of rotatable bonds is 4. The molecule has 1 heterocycles. The second-order valence-electron chi connectivity index (χ2n) is 4.83. The van der Waals surface area contributed by atoms with Gasteiger partial charge in [0.2, 0.25) is 0 Å². The Balaban J connectivity index is 1.79. The predicted molar refractivity (Wildman–Crippen MR) is 85.6 cm³/mol. The summed E-state index contributed by atoms with van der Waals surface area (Å²) in [5.41, 5.74) is 2.43. The van der Waals surface area contributed by atoms with Gasteiger partial charge >= 0.3 is 0 Å². The van der Waals surface area contributed by atoms with Crippen LogP contribution in [0.4, 0.5) is 5.69 Å². The first-order valence-corrected chi connectivity index (χ1v) is 7.54. The lowest BCUT2D eigenvalue weighted by molar-refractivity contribution is -0.384. The largest absolute Gasteiger partial charge is 0.349 e. The third-order valence-electron chi connectivity index (χ3n) is 3.40. The number of aryl methyl sites for hydroxylation is 1. The highest BCUT2D eigenvalue weighted by Gasteiger charge is 2.08. The number of nitro groups is 1. The molecule has 0 spiro atoms. The Hall–Kier alpha value is -2.27. The van der Waals surface area contributed by atoms with E-state index < -0.39 is 0 Å². The molecule has 0 fully saturated rings. The molecule has 0 saturated heterocycles. The number of aromatic nitrogens is 1. The molecule has 0 N–H and O–H groups in total. The topological polar surface area (TPSA) is 48.1 Å². The van der Waals surface area contributed by atoms with Crippen molar-refractivity contribution < 1.29 is 4.92 Å². The van der Waals surface area contributed by atoms with Gasteiger partial charge in [0.15, 0.2) is 0 Å². The summed E-state index contributed by atoms with van der Waals surface area (Å²) < 4.78 is 2.12. The normalized spacial score (nSPS) is 10.9. The van der Waals surface area contributed by atoms with Crippen LogP contribution in [0.3, 0.4) is 0 Å². The van der Waals surface area contributed by atoms with Crippen LogP contribution in [-0.2, 0) is 12.8 Å². The quantitative estimate of drug-likeness (QED) is 0.408. The molecule has 0 aliphatic carbocycles. The molecule has 106 valence electrons. The van der Waals surface area contributed by atoms with E-state index >= 15 is 0 Å². The molecule has 0 saturated carbocycles. The van der Waals surface area contributed by atoms with Crippen molar-refractivity contribution in [2.24, 2.45) is 7.05 Å². The van der Waals surface area contributed by atoms with Crippen molar-refractivity contribution in [3.8, 4) is 0 Å². The summed E-state index contributed by atoms with van der Waals surface area (Å²) in [6.45, 7) is 0. The molecule has 0 aliphatic heterocycles. The molecule has 21 heavy (non-hydrogen) atoms. The van der Waals surface area contributed by atoms with Gasteiger partial charge in [-0.05, 0) is 11.6 Å². The number of non-ortho nitro benzene ring substituents is 1. The third kappa shape index (κ3) is 2.78. The number of hydrogen-bond donors (Lipinski definition) is 0. The molecule has 0 amide bonds. The molecule has 0 aliphatic rings. The molecular formula is C16H14N2O2S. The van der Waals surface area contributed by atoms with Crippen LogP contribution in [0.25, 0.3) is 10.9 Å². The van der Waals surface area contributed by atoms with Crippen LogP contribution in [0.1, 0.15) is 5.56 Å². The fraction of sp³-hybridized carbons (Fsp3) is 0.125. The average Bonchev–Trinajstić information content (AvgIpc) is 2.83. The van der Waals surface area contributed by atoms with Crippen LogP contribution >= 0.6 is 11.8 Å². The van der Waals surface area contributed by atoms with Crippen molar-refractivity contribution in [2.45, 2.75) is 10.6 Å². The van der Waals surface area contributed by atoms with Crippen molar-refractivity contribution >= 4 is 28.4 Å². The van der Waals surface area contributed by atoms with Gasteiger partial charge < -0.3 is 4.57 Å². The summed E-state index contributed by atoms with van der Waals surface area (Å²) in [6, 6.07) is 15.0. The maximum Gasteiger partial charge on any atom is 0.269 e. The van der Waals surface area contributed by atoms with Gasteiger partial charge in [0.25, 0.3) is 5.69 Å². The Labute approximate surface area is 126 Å². The number of fused-ring (bicyclic) bond motifs is 1. The Kier molecular flexibility index (Phi) is 3.66. The van der Waals surface area contributed by atoms with Gasteiger partial charge in [-0.3, -0.25) is 10.1 Å². The first-order valence-electron chi connectivity index (χ1n) is 6.55. The highest BCUT2D eigenvalue weighted by molar-refractivity contribution is 7.98. The highest BCUT2D eigenvalue weighted by Crippen LogP contribution is 2.31. The van der Waals surface area contributed by atoms with Crippen LogP contribution in [0.5, 0.6) is 0 Å². The van der Waals surface area contributed by atoms with E-state index in [1.165, 1.54) is 15.8 Å². The number of benzene rings is 2. The second kappa shape index (κ2) is 5.61. The van der Waals surface area contributed by atoms with E-state index in [1.54, 1.807) is 23.9 Å². The van der Waals surface area contributed by atoms with Gasteiger partial charge in [-0.25, -0.2) is 0 Å². The lowest BCUT2D eigenvalue weighted by Gasteiger charge is -2.01. The first-order chi connectivity index (χ1) is 10.1. The Morgan fingerprint density at radius 2 is 1.86 bits per heavy atom. The summed E-state index contributed by atoms with van der Waals surface area (Å²) in [7, 11) is 2.04. The number of para-hydroxylation sites is 1. The molecule has 5 heteroatoms. The van der Waals surface area contributed by atoms with Crippen molar-refractivity contribution in [3.05, 3.63) is 70.4 Å². The van der Waals surface area contributed by atoms with Crippen LogP contribution < -0.4 is 0 Å². The predicted octanol–water partition coefficient (Wildman–Crippen LogP) is 4.38. The fourth-order valence-corrected chi connectivity index (χ4v) is 3.37. The molecule has 0 atom stereocenters. The van der Waals surface area contributed by atoms with E-state index in [1.807, 2.05) is 31.3 Å². The van der Waals surface area contributed by atoms with E-state index in [0.717, 1.165) is 11.3 Å². The maximum absolute atomic E-state index is 10.6. The summed E-state index contributed by atoms with van der Waals surface area (Å²) in [5.74, 6) is 0.798. The number of hydrogen-bond acceptors (Lipinski definition) is 3. The second-order valence-corrected chi connectivity index (χ2v) is 5.85. The molecule has 3 rings (SSSR count). The maximum atomic E-state index is 10.6. The third-order valence-corrected chi connectivity index (χ3v) is 4.52. The van der Waals surface area contributed by atoms with Gasteiger partial charge in [-0.1, -0.05) is 30.3 Å². The smallest absolute Gasteiger partial charge is 0.269 e. The minimum Gasteiger partial charge on any atom is -0.349 e. The standard InChI is InChI=1S/C16H14N2O2S/c1-17-10-16(14-4-2-3-5-15(14)17)21-11-12-6-8-13(9-7-12)18(19)20/h2-10H,11H2,1H3. The van der Waals surface area contributed by atoms with Crippen LogP contribution in [0.2, 0.25) is 0 Å². The van der Waals surface area contributed by atoms with Crippen molar-refractivity contribution in [3.63, 3.8) is 0 Å². The van der Waals surface area contributed by atoms with Gasteiger partial charge in [0, 0.05) is 46.9 Å². The minimum atomic E-state index is -0.373. The van der Waals surface area contributed by atoms with Gasteiger partial charge in [0.05, 0.1) is 4.92 Å². The van der Waals surface area contributed by atoms with E-state index in [2.05, 4.69) is 22.9 Å². The van der Waals surface area contributed by atoms with Gasteiger partial charge in [-0.2, -0.15) is 0 Å². The lowest BCUT2D eigenvalue weighted by Crippen LogP contribution is -1.88. The van der Waals surface area contributed by atoms with Crippen LogP contribution in [0, 0.1) is 10.1 Å². The monoisotopic (exact) mass is 298 g/mol. The molecule has 1 aromatic heterocycles. The summed E-state index contributed by atoms with van der Waals surface area (Å²) in [6.07, 6.45) is 2.13. The minimum absolute atomic E-state index is 0.133. The van der Waals surface area contributed by atoms with Crippen LogP contribution in [0.15, 0.2) is 59.6 Å². The molecule has 0 radical (unpaired) electrons. The number of nitro benzene ring substituents is 1.